The molecule has 2 fully saturated rings. The highest BCUT2D eigenvalue weighted by Crippen LogP contribution is 2.34. The molecule has 0 bridgehead atoms. The normalized spacial score (nSPS) is 24.0. The standard InChI is InChI=1S/C13H24S2.H2O/c1-3-7-12(8-4-1)14-11-15-13-9-5-2-6-10-13;/h12-13H,1-11H2;1H2. The Kier molecular flexibility index (Phi) is 8.01. The van der Waals surface area contributed by atoms with Crippen LogP contribution in [0.2, 0.25) is 0 Å². The fourth-order valence-electron chi connectivity index (χ4n) is 2.70. The van der Waals surface area contributed by atoms with Crippen LogP contribution in [0.1, 0.15) is 64.2 Å². The molecule has 16 heavy (non-hydrogen) atoms. The van der Waals surface area contributed by atoms with E-state index in [9.17, 15) is 0 Å². The first-order valence-corrected chi connectivity index (χ1v) is 8.78. The van der Waals surface area contributed by atoms with Crippen LogP contribution in [-0.4, -0.2) is 21.1 Å². The number of hydrogen-bond acceptors (Lipinski definition) is 2. The van der Waals surface area contributed by atoms with E-state index < -0.39 is 0 Å². The first kappa shape index (κ1) is 14.7. The molecule has 0 aromatic heterocycles. The van der Waals surface area contributed by atoms with Gasteiger partial charge in [-0.1, -0.05) is 38.5 Å². The summed E-state index contributed by atoms with van der Waals surface area (Å²) in [7, 11) is 0. The average molecular weight is 262 g/mol. The molecular weight excluding hydrogens is 236 g/mol. The van der Waals surface area contributed by atoms with Crippen LogP contribution in [0.15, 0.2) is 0 Å². The molecule has 0 saturated heterocycles. The molecule has 1 nitrogen and oxygen atoms in total. The van der Waals surface area contributed by atoms with Gasteiger partial charge >= 0.3 is 0 Å². The Hall–Kier alpha value is 0.660. The third kappa shape index (κ3) is 5.33. The lowest BCUT2D eigenvalue weighted by Crippen LogP contribution is -2.11. The maximum Gasteiger partial charge on any atom is 0.0397 e. The highest BCUT2D eigenvalue weighted by Gasteiger charge is 2.16. The molecule has 0 unspecified atom stereocenters. The molecule has 3 heteroatoms. The van der Waals surface area contributed by atoms with E-state index in [4.69, 9.17) is 0 Å². The molecule has 2 aliphatic carbocycles. The first-order chi connectivity index (χ1) is 7.45. The van der Waals surface area contributed by atoms with Crippen LogP contribution >= 0.6 is 23.5 Å². The molecule has 0 aliphatic heterocycles. The summed E-state index contributed by atoms with van der Waals surface area (Å²) in [6.45, 7) is 0. The number of rotatable bonds is 4. The van der Waals surface area contributed by atoms with Crippen molar-refractivity contribution in [2.75, 3.05) is 5.08 Å². The molecule has 0 radical (unpaired) electrons. The van der Waals surface area contributed by atoms with Crippen molar-refractivity contribution in [2.45, 2.75) is 74.7 Å². The van der Waals surface area contributed by atoms with Crippen molar-refractivity contribution in [2.24, 2.45) is 0 Å². The van der Waals surface area contributed by atoms with E-state index in [-0.39, 0.29) is 5.48 Å². The van der Waals surface area contributed by atoms with Gasteiger partial charge in [0.15, 0.2) is 0 Å². The van der Waals surface area contributed by atoms with Gasteiger partial charge in [-0.05, 0) is 25.7 Å². The lowest BCUT2D eigenvalue weighted by atomic mass is 10.0. The molecule has 2 N–H and O–H groups in total. The SMILES string of the molecule is C1CCC(SCSC2CCCCC2)CC1.O. The average Bonchev–Trinajstić information content (AvgIpc) is 2.32. The van der Waals surface area contributed by atoms with Crippen LogP contribution < -0.4 is 0 Å². The highest BCUT2D eigenvalue weighted by atomic mass is 32.2. The Morgan fingerprint density at radius 2 is 1.00 bits per heavy atom. The Balaban J connectivity index is 0.00000128. The molecule has 0 amide bonds. The second kappa shape index (κ2) is 8.71. The predicted octanol–water partition coefficient (Wildman–Crippen LogP) is 4.25. The fraction of sp³-hybridized carbons (Fsp3) is 1.00. The van der Waals surface area contributed by atoms with Crippen LogP contribution in [0.3, 0.4) is 0 Å². The topological polar surface area (TPSA) is 31.5 Å². The zero-order valence-corrected chi connectivity index (χ0v) is 11.9. The van der Waals surface area contributed by atoms with Gasteiger partial charge in [-0.15, -0.1) is 23.5 Å². The maximum atomic E-state index is 2.25. The largest absolute Gasteiger partial charge is 0.412 e. The molecule has 96 valence electrons. The van der Waals surface area contributed by atoms with Crippen molar-refractivity contribution in [1.82, 2.24) is 0 Å². The van der Waals surface area contributed by atoms with Gasteiger partial charge in [-0.2, -0.15) is 0 Å². The molecular formula is C13H26OS2. The second-order valence-corrected chi connectivity index (χ2v) is 7.91. The first-order valence-electron chi connectivity index (χ1n) is 6.68. The van der Waals surface area contributed by atoms with Gasteiger partial charge in [-0.3, -0.25) is 0 Å². The molecule has 0 aromatic carbocycles. The van der Waals surface area contributed by atoms with Gasteiger partial charge in [0, 0.05) is 15.6 Å². The van der Waals surface area contributed by atoms with Gasteiger partial charge in [0.2, 0.25) is 0 Å². The van der Waals surface area contributed by atoms with Crippen LogP contribution in [0.5, 0.6) is 0 Å². The van der Waals surface area contributed by atoms with Crippen LogP contribution in [0, 0.1) is 0 Å². The third-order valence-electron chi connectivity index (χ3n) is 3.71. The summed E-state index contributed by atoms with van der Waals surface area (Å²) in [6, 6.07) is 0. The zero-order chi connectivity index (χ0) is 10.3. The summed E-state index contributed by atoms with van der Waals surface area (Å²) < 4.78 is 0. The van der Waals surface area contributed by atoms with Crippen LogP contribution in [0.4, 0.5) is 0 Å². The van der Waals surface area contributed by atoms with E-state index in [0.717, 1.165) is 10.5 Å². The summed E-state index contributed by atoms with van der Waals surface area (Å²) in [6.07, 6.45) is 14.9. The van der Waals surface area contributed by atoms with E-state index in [1.807, 2.05) is 0 Å². The number of hydrogen-bond donors (Lipinski definition) is 0. The monoisotopic (exact) mass is 262 g/mol. The van der Waals surface area contributed by atoms with Crippen molar-refractivity contribution in [3.05, 3.63) is 0 Å². The molecule has 2 aliphatic rings. The van der Waals surface area contributed by atoms with Crippen molar-refractivity contribution in [3.8, 4) is 0 Å². The van der Waals surface area contributed by atoms with Gasteiger partial charge < -0.3 is 5.48 Å². The Bertz CT molecular complexity index is 145. The summed E-state index contributed by atoms with van der Waals surface area (Å²) in [5, 5.41) is 3.39. The summed E-state index contributed by atoms with van der Waals surface area (Å²) >= 11 is 4.51. The minimum atomic E-state index is 0. The highest BCUT2D eigenvalue weighted by molar-refractivity contribution is 8.16. The smallest absolute Gasteiger partial charge is 0.0397 e. The molecule has 0 aromatic rings. The predicted molar refractivity (Wildman–Crippen MR) is 77.4 cm³/mol. The minimum Gasteiger partial charge on any atom is -0.412 e. The van der Waals surface area contributed by atoms with Gasteiger partial charge in [0.1, 0.15) is 0 Å². The zero-order valence-electron chi connectivity index (χ0n) is 10.2. The lowest BCUT2D eigenvalue weighted by molar-refractivity contribution is 0.515. The van der Waals surface area contributed by atoms with Crippen molar-refractivity contribution < 1.29 is 5.48 Å². The quantitative estimate of drug-likeness (QED) is 0.709. The summed E-state index contributed by atoms with van der Waals surface area (Å²) in [5.41, 5.74) is 0. The minimum absolute atomic E-state index is 0. The van der Waals surface area contributed by atoms with E-state index >= 15 is 0 Å². The van der Waals surface area contributed by atoms with Gasteiger partial charge in [0.25, 0.3) is 0 Å². The van der Waals surface area contributed by atoms with E-state index in [1.54, 1.807) is 0 Å². The third-order valence-corrected chi connectivity index (χ3v) is 6.69. The Labute approximate surface area is 109 Å². The van der Waals surface area contributed by atoms with Gasteiger partial charge in [0.05, 0.1) is 0 Å². The summed E-state index contributed by atoms with van der Waals surface area (Å²) in [5.74, 6) is 0. The lowest BCUT2D eigenvalue weighted by Gasteiger charge is -2.24. The van der Waals surface area contributed by atoms with E-state index in [1.165, 1.54) is 69.3 Å². The number of thioether (sulfide) groups is 2. The Morgan fingerprint density at radius 1 is 0.625 bits per heavy atom. The molecule has 0 spiro atoms. The van der Waals surface area contributed by atoms with Crippen molar-refractivity contribution in [1.29, 1.82) is 0 Å². The summed E-state index contributed by atoms with van der Waals surface area (Å²) in [4.78, 5) is 0. The fourth-order valence-corrected chi connectivity index (χ4v) is 5.88. The molecule has 0 atom stereocenters. The van der Waals surface area contributed by atoms with Crippen molar-refractivity contribution >= 4 is 23.5 Å². The molecule has 2 saturated carbocycles. The molecule has 2 rings (SSSR count). The van der Waals surface area contributed by atoms with Crippen LogP contribution in [0.25, 0.3) is 0 Å². The van der Waals surface area contributed by atoms with Gasteiger partial charge in [-0.25, -0.2) is 0 Å². The van der Waals surface area contributed by atoms with E-state index in [2.05, 4.69) is 23.5 Å². The maximum absolute atomic E-state index is 2.25. The Morgan fingerprint density at radius 3 is 1.38 bits per heavy atom. The van der Waals surface area contributed by atoms with Crippen molar-refractivity contribution in [3.63, 3.8) is 0 Å². The van der Waals surface area contributed by atoms with E-state index in [0.29, 0.717) is 0 Å². The van der Waals surface area contributed by atoms with Crippen LogP contribution in [-0.2, 0) is 0 Å². The second-order valence-electron chi connectivity index (χ2n) is 4.97. The molecule has 0 heterocycles.